The molecule has 0 radical (unpaired) electrons. The Morgan fingerprint density at radius 3 is 3.18 bits per heavy atom. The number of esters is 1. The number of hydrogen-bond acceptors (Lipinski definition) is 5. The first-order chi connectivity index (χ1) is 10.8. The molecule has 5 heteroatoms. The van der Waals surface area contributed by atoms with E-state index >= 15 is 0 Å². The normalized spacial score (nSPS) is 34.9. The highest BCUT2D eigenvalue weighted by atomic mass is 16.5. The van der Waals surface area contributed by atoms with E-state index < -0.39 is 0 Å². The largest absolute Gasteiger partial charge is 0.463 e. The summed E-state index contributed by atoms with van der Waals surface area (Å²) in [6.45, 7) is 2.23. The quantitative estimate of drug-likeness (QED) is 0.757. The summed E-state index contributed by atoms with van der Waals surface area (Å²) in [6.07, 6.45) is 11.9. The van der Waals surface area contributed by atoms with E-state index in [9.17, 15) is 4.79 Å². The van der Waals surface area contributed by atoms with Crippen molar-refractivity contribution < 1.29 is 14.3 Å². The molecule has 1 saturated carbocycles. The number of rotatable bonds is 2. The zero-order valence-electron chi connectivity index (χ0n) is 12.5. The molecule has 116 valence electrons. The van der Waals surface area contributed by atoms with Crippen LogP contribution in [-0.4, -0.2) is 30.9 Å². The monoisotopic (exact) mass is 300 g/mol. The molecule has 1 fully saturated rings. The second-order valence-electron chi connectivity index (χ2n) is 5.99. The van der Waals surface area contributed by atoms with Crippen molar-refractivity contribution in [1.82, 2.24) is 10.6 Å². The van der Waals surface area contributed by atoms with Crippen LogP contribution >= 0.6 is 0 Å². The second kappa shape index (κ2) is 5.32. The topological polar surface area (TPSA) is 59.6 Å². The van der Waals surface area contributed by atoms with Gasteiger partial charge in [0.2, 0.25) is 0 Å². The van der Waals surface area contributed by atoms with Gasteiger partial charge >= 0.3 is 5.97 Å². The third-order valence-corrected chi connectivity index (χ3v) is 4.74. The maximum absolute atomic E-state index is 12.2. The molecule has 0 saturated heterocycles. The number of fused-ring (bicyclic) bond motifs is 4. The summed E-state index contributed by atoms with van der Waals surface area (Å²) in [4.78, 5) is 12.2. The molecule has 5 nitrogen and oxygen atoms in total. The highest BCUT2D eigenvalue weighted by Gasteiger charge is 2.45. The lowest BCUT2D eigenvalue weighted by Gasteiger charge is -2.41. The minimum atomic E-state index is -0.221. The van der Waals surface area contributed by atoms with Gasteiger partial charge in [0.05, 0.1) is 18.3 Å². The Balaban J connectivity index is 1.68. The predicted molar refractivity (Wildman–Crippen MR) is 81.5 cm³/mol. The van der Waals surface area contributed by atoms with Crippen molar-refractivity contribution in [3.8, 4) is 0 Å². The van der Waals surface area contributed by atoms with Gasteiger partial charge in [0, 0.05) is 23.7 Å². The number of nitrogens with one attached hydrogen (secondary N) is 2. The fourth-order valence-electron chi connectivity index (χ4n) is 3.77. The lowest BCUT2D eigenvalue weighted by atomic mass is 9.74. The van der Waals surface area contributed by atoms with Crippen LogP contribution in [0.25, 0.3) is 0 Å². The van der Waals surface area contributed by atoms with Crippen LogP contribution in [0.5, 0.6) is 0 Å². The van der Waals surface area contributed by atoms with Crippen LogP contribution in [0.4, 0.5) is 0 Å². The molecule has 0 aromatic carbocycles. The average molecular weight is 300 g/mol. The van der Waals surface area contributed by atoms with E-state index in [1.165, 1.54) is 5.57 Å². The minimum Gasteiger partial charge on any atom is -0.463 e. The fraction of sp³-hybridized carbons (Fsp3) is 0.471. The van der Waals surface area contributed by atoms with E-state index in [4.69, 9.17) is 9.47 Å². The van der Waals surface area contributed by atoms with Crippen LogP contribution in [-0.2, 0) is 14.3 Å². The minimum absolute atomic E-state index is 0.0607. The van der Waals surface area contributed by atoms with Crippen molar-refractivity contribution >= 4 is 5.97 Å². The zero-order valence-corrected chi connectivity index (χ0v) is 12.5. The average Bonchev–Trinajstić information content (AvgIpc) is 2.98. The zero-order chi connectivity index (χ0) is 15.1. The summed E-state index contributed by atoms with van der Waals surface area (Å²) in [5.74, 6) is -0.160. The summed E-state index contributed by atoms with van der Waals surface area (Å²) < 4.78 is 11.4. The summed E-state index contributed by atoms with van der Waals surface area (Å²) in [7, 11) is 0. The second-order valence-corrected chi connectivity index (χ2v) is 5.99. The molecule has 0 aromatic rings. The lowest BCUT2D eigenvalue weighted by Crippen LogP contribution is -2.46. The SMILES string of the molecule is CCOC(=O)C1=CNC2CCC3OC4NC=CC=C4C=C3C12. The van der Waals surface area contributed by atoms with Gasteiger partial charge in [-0.05, 0) is 37.6 Å². The summed E-state index contributed by atoms with van der Waals surface area (Å²) in [5.41, 5.74) is 3.04. The molecule has 2 N–H and O–H groups in total. The summed E-state index contributed by atoms with van der Waals surface area (Å²) in [5, 5.41) is 6.58. The number of dihydropyridines is 1. The van der Waals surface area contributed by atoms with Gasteiger partial charge in [-0.3, -0.25) is 0 Å². The Kier molecular flexibility index (Phi) is 3.30. The van der Waals surface area contributed by atoms with E-state index in [-0.39, 0.29) is 30.3 Å². The Morgan fingerprint density at radius 2 is 2.32 bits per heavy atom. The molecule has 4 aliphatic rings. The maximum atomic E-state index is 12.2. The molecule has 0 amide bonds. The highest BCUT2D eigenvalue weighted by molar-refractivity contribution is 5.90. The maximum Gasteiger partial charge on any atom is 0.336 e. The highest BCUT2D eigenvalue weighted by Crippen LogP contribution is 2.43. The number of ether oxygens (including phenoxy) is 2. The Morgan fingerprint density at radius 1 is 1.41 bits per heavy atom. The molecule has 22 heavy (non-hydrogen) atoms. The molecule has 1 aliphatic carbocycles. The van der Waals surface area contributed by atoms with Gasteiger partial charge in [-0.1, -0.05) is 12.2 Å². The van der Waals surface area contributed by atoms with Crippen LogP contribution in [0, 0.1) is 5.92 Å². The van der Waals surface area contributed by atoms with E-state index in [1.54, 1.807) is 0 Å². The summed E-state index contributed by atoms with van der Waals surface area (Å²) >= 11 is 0. The van der Waals surface area contributed by atoms with E-state index in [2.05, 4.69) is 22.8 Å². The van der Waals surface area contributed by atoms with E-state index in [1.807, 2.05) is 25.4 Å². The van der Waals surface area contributed by atoms with E-state index in [0.717, 1.165) is 24.0 Å². The molecule has 4 unspecified atom stereocenters. The van der Waals surface area contributed by atoms with Crippen molar-refractivity contribution in [3.63, 3.8) is 0 Å². The molecule has 4 rings (SSSR count). The number of allylic oxidation sites excluding steroid dienone is 2. The van der Waals surface area contributed by atoms with Gasteiger partial charge in [-0.15, -0.1) is 0 Å². The van der Waals surface area contributed by atoms with Crippen molar-refractivity contribution in [2.24, 2.45) is 5.92 Å². The molecule has 4 atom stereocenters. The first kappa shape index (κ1) is 13.6. The smallest absolute Gasteiger partial charge is 0.336 e. The van der Waals surface area contributed by atoms with Crippen molar-refractivity contribution in [2.75, 3.05) is 6.61 Å². The van der Waals surface area contributed by atoms with Gasteiger partial charge in [-0.2, -0.15) is 0 Å². The predicted octanol–water partition coefficient (Wildman–Crippen LogP) is 1.51. The molecule has 0 aromatic heterocycles. The number of carbonyl (C=O) groups excluding carboxylic acids is 1. The van der Waals surface area contributed by atoms with Gasteiger partial charge in [-0.25, -0.2) is 4.79 Å². The molecule has 0 bridgehead atoms. The van der Waals surface area contributed by atoms with Crippen LogP contribution < -0.4 is 10.6 Å². The number of carbonyl (C=O) groups is 1. The molecule has 3 heterocycles. The Bertz CT molecular complexity index is 617. The van der Waals surface area contributed by atoms with Crippen molar-refractivity contribution in [3.05, 3.63) is 47.3 Å². The first-order valence-corrected chi connectivity index (χ1v) is 7.91. The first-order valence-electron chi connectivity index (χ1n) is 7.91. The number of hydrogen-bond donors (Lipinski definition) is 2. The van der Waals surface area contributed by atoms with Gasteiger partial charge in [0.25, 0.3) is 0 Å². The fourth-order valence-corrected chi connectivity index (χ4v) is 3.77. The van der Waals surface area contributed by atoms with Crippen molar-refractivity contribution in [2.45, 2.75) is 38.1 Å². The lowest BCUT2D eigenvalue weighted by molar-refractivity contribution is -0.139. The summed E-state index contributed by atoms with van der Waals surface area (Å²) in [6, 6.07) is 0.273. The van der Waals surface area contributed by atoms with Crippen LogP contribution in [0.15, 0.2) is 47.3 Å². The van der Waals surface area contributed by atoms with Crippen molar-refractivity contribution in [1.29, 1.82) is 0 Å². The molecular weight excluding hydrogens is 280 g/mol. The van der Waals surface area contributed by atoms with E-state index in [0.29, 0.717) is 6.61 Å². The molecule has 0 spiro atoms. The Hall–Kier alpha value is -2.01. The third kappa shape index (κ3) is 2.08. The van der Waals surface area contributed by atoms with Gasteiger partial charge < -0.3 is 20.1 Å². The van der Waals surface area contributed by atoms with Gasteiger partial charge in [0.1, 0.15) is 0 Å². The molecule has 3 aliphatic heterocycles. The standard InChI is InChI=1S/C17H20N2O3/c1-2-21-17(20)12-9-19-13-5-6-14-11(15(12)13)8-10-4-3-7-18-16(10)22-14/h3-4,7-9,13-16,18-19H,2,5-6H2,1H3. The third-order valence-electron chi connectivity index (χ3n) is 4.74. The van der Waals surface area contributed by atoms with Gasteiger partial charge in [0.15, 0.2) is 6.23 Å². The molecular formula is C17H20N2O3. The van der Waals surface area contributed by atoms with Crippen LogP contribution in [0.2, 0.25) is 0 Å². The van der Waals surface area contributed by atoms with Crippen LogP contribution in [0.1, 0.15) is 19.8 Å². The van der Waals surface area contributed by atoms with Crippen LogP contribution in [0.3, 0.4) is 0 Å². The Labute approximate surface area is 129 Å².